The molecule has 2 amide bonds. The van der Waals surface area contributed by atoms with Crippen molar-refractivity contribution in [2.75, 3.05) is 16.7 Å². The number of nitrogen functional groups attached to an aromatic ring is 1. The van der Waals surface area contributed by atoms with Gasteiger partial charge in [-0.1, -0.05) is 72.8 Å². The van der Waals surface area contributed by atoms with Gasteiger partial charge in [0.05, 0.1) is 6.26 Å². The molecule has 0 radical (unpaired) electrons. The third-order valence-electron chi connectivity index (χ3n) is 8.16. The highest BCUT2D eigenvalue weighted by Gasteiger charge is 2.12. The number of nitrogens with zero attached hydrogens (tertiary/aromatic N) is 2. The molecule has 0 aliphatic heterocycles. The fourth-order valence-corrected chi connectivity index (χ4v) is 6.33. The van der Waals surface area contributed by atoms with Gasteiger partial charge in [-0.15, -0.1) is 0 Å². The Labute approximate surface area is 303 Å². The number of hydrogen-bond acceptors (Lipinski definition) is 7. The lowest BCUT2D eigenvalue weighted by molar-refractivity contribution is -0.118. The summed E-state index contributed by atoms with van der Waals surface area (Å²) in [7, 11) is -3.37. The minimum atomic E-state index is -3.37. The van der Waals surface area contributed by atoms with Crippen LogP contribution in [0.3, 0.4) is 0 Å². The van der Waals surface area contributed by atoms with Crippen LogP contribution in [0, 0.1) is 0 Å². The van der Waals surface area contributed by atoms with Crippen LogP contribution in [-0.4, -0.2) is 36.5 Å². The molecule has 0 fully saturated rings. The molecule has 10 nitrogen and oxygen atoms in total. The molecular weight excluding hydrogens is 673 g/mol. The smallest absolute Gasteiger partial charge is 0.229 e. The van der Waals surface area contributed by atoms with Crippen LogP contribution in [0.4, 0.5) is 11.4 Å². The van der Waals surface area contributed by atoms with E-state index in [4.69, 9.17) is 17.2 Å². The molecule has 2 heterocycles. The number of nitrogens with one attached hydrogen (secondary N) is 1. The maximum Gasteiger partial charge on any atom is 0.229 e. The number of nitrogens with two attached hydrogens (primary N) is 3. The average molecular weight is 713 g/mol. The molecule has 6 rings (SSSR count). The second-order valence-corrected chi connectivity index (χ2v) is 14.0. The molecule has 0 atom stereocenters. The molecule has 0 spiro atoms. The zero-order valence-corrected chi connectivity index (χ0v) is 29.5. The van der Waals surface area contributed by atoms with Crippen LogP contribution in [0.15, 0.2) is 134 Å². The van der Waals surface area contributed by atoms with Gasteiger partial charge < -0.3 is 17.2 Å². The first kappa shape index (κ1) is 36.9. The highest BCUT2D eigenvalue weighted by molar-refractivity contribution is 7.92. The molecule has 0 unspecified atom stereocenters. The van der Waals surface area contributed by atoms with E-state index in [2.05, 4.69) is 32.9 Å². The van der Waals surface area contributed by atoms with Crippen molar-refractivity contribution in [2.24, 2.45) is 11.5 Å². The van der Waals surface area contributed by atoms with Gasteiger partial charge in [0.2, 0.25) is 21.8 Å². The second kappa shape index (κ2) is 17.1. The Bertz CT molecular complexity index is 2280. The van der Waals surface area contributed by atoms with Crippen LogP contribution >= 0.6 is 0 Å². The molecule has 52 heavy (non-hydrogen) atoms. The maximum absolute atomic E-state index is 11.5. The van der Waals surface area contributed by atoms with Crippen molar-refractivity contribution in [3.8, 4) is 44.5 Å². The van der Waals surface area contributed by atoms with Gasteiger partial charge in [-0.05, 0) is 105 Å². The maximum atomic E-state index is 11.5. The van der Waals surface area contributed by atoms with Crippen molar-refractivity contribution in [3.63, 3.8) is 0 Å². The number of carbonyl (C=O) groups excluding carboxylic acids is 2. The lowest BCUT2D eigenvalue weighted by Gasteiger charge is -2.13. The second-order valence-electron chi connectivity index (χ2n) is 12.2. The molecule has 11 heteroatoms. The van der Waals surface area contributed by atoms with Gasteiger partial charge >= 0.3 is 0 Å². The van der Waals surface area contributed by atoms with E-state index in [1.165, 1.54) is 0 Å². The predicted molar refractivity (Wildman–Crippen MR) is 208 cm³/mol. The summed E-state index contributed by atoms with van der Waals surface area (Å²) in [5.74, 6) is -0.675. The zero-order valence-electron chi connectivity index (χ0n) is 28.7. The first-order valence-electron chi connectivity index (χ1n) is 16.5. The molecule has 0 bridgehead atoms. The standard InChI is InChI=1S/C21H21N3O3S.C20H19N3O/c1-28(26,27)24-19-6-2-4-16(13-19)20-9-7-15(18-5-3-11-23-14-18)12-17(20)8-10-21(22)25;21-18-5-1-3-15(12-18)19-8-6-14(17-4-2-10-23-13-17)11-16(19)7-9-20(22)24/h2-7,9,11-14,24H,8,10H2,1H3,(H2,22,25);1-6,8,10-13H,7,9,21H2,(H2,22,24). The molecule has 0 aliphatic carbocycles. The van der Waals surface area contributed by atoms with E-state index in [0.29, 0.717) is 30.6 Å². The Balaban J connectivity index is 0.000000203. The number of hydrogen-bond donors (Lipinski definition) is 4. The number of rotatable bonds is 12. The average Bonchev–Trinajstić information content (AvgIpc) is 3.13. The van der Waals surface area contributed by atoms with Gasteiger partial charge in [0.25, 0.3) is 0 Å². The molecule has 264 valence electrons. The highest BCUT2D eigenvalue weighted by atomic mass is 32.2. The quantitative estimate of drug-likeness (QED) is 0.103. The number of primary amides is 2. The Morgan fingerprint density at radius 1 is 0.596 bits per heavy atom. The van der Waals surface area contributed by atoms with Crippen LogP contribution in [0.2, 0.25) is 0 Å². The molecule has 2 aromatic heterocycles. The lowest BCUT2D eigenvalue weighted by atomic mass is 9.93. The van der Waals surface area contributed by atoms with Crippen LogP contribution in [-0.2, 0) is 32.5 Å². The SMILES string of the molecule is CS(=O)(=O)Nc1cccc(-c2ccc(-c3cccnc3)cc2CCC(N)=O)c1.NC(=O)CCc1cc(-c2cccnc2)ccc1-c1cccc(N)c1. The molecule has 7 N–H and O–H groups in total. The number of carbonyl (C=O) groups is 2. The molecule has 6 aromatic rings. The van der Waals surface area contributed by atoms with E-state index < -0.39 is 10.0 Å². The topological polar surface area (TPSA) is 184 Å². The van der Waals surface area contributed by atoms with Crippen molar-refractivity contribution in [2.45, 2.75) is 25.7 Å². The summed E-state index contributed by atoms with van der Waals surface area (Å²) in [6.45, 7) is 0. The van der Waals surface area contributed by atoms with E-state index in [0.717, 1.165) is 61.9 Å². The summed E-state index contributed by atoms with van der Waals surface area (Å²) in [6, 6.07) is 34.8. The van der Waals surface area contributed by atoms with E-state index in [1.54, 1.807) is 36.8 Å². The van der Waals surface area contributed by atoms with Crippen LogP contribution < -0.4 is 21.9 Å². The number of aromatic nitrogens is 2. The predicted octanol–water partition coefficient (Wildman–Crippen LogP) is 6.62. The highest BCUT2D eigenvalue weighted by Crippen LogP contribution is 2.32. The van der Waals surface area contributed by atoms with Crippen molar-refractivity contribution in [1.29, 1.82) is 0 Å². The Morgan fingerprint density at radius 3 is 1.52 bits per heavy atom. The monoisotopic (exact) mass is 712 g/mol. The van der Waals surface area contributed by atoms with Crippen molar-refractivity contribution < 1.29 is 18.0 Å². The minimum absolute atomic E-state index is 0.227. The first-order valence-corrected chi connectivity index (χ1v) is 18.4. The summed E-state index contributed by atoms with van der Waals surface area (Å²) in [5.41, 5.74) is 27.7. The van der Waals surface area contributed by atoms with Gasteiger partial charge in [0.1, 0.15) is 0 Å². The number of benzene rings is 4. The molecule has 4 aromatic carbocycles. The number of pyridine rings is 2. The molecule has 0 saturated carbocycles. The van der Waals surface area contributed by atoms with E-state index in [1.807, 2.05) is 79.0 Å². The largest absolute Gasteiger partial charge is 0.399 e. The zero-order chi connectivity index (χ0) is 37.1. The summed E-state index contributed by atoms with van der Waals surface area (Å²) < 4.78 is 25.5. The molecular formula is C41H40N6O4S. The Morgan fingerprint density at radius 2 is 1.08 bits per heavy atom. The fourth-order valence-electron chi connectivity index (χ4n) is 5.78. The minimum Gasteiger partial charge on any atom is -0.399 e. The van der Waals surface area contributed by atoms with E-state index in [9.17, 15) is 18.0 Å². The lowest BCUT2D eigenvalue weighted by Crippen LogP contribution is -2.11. The third-order valence-corrected chi connectivity index (χ3v) is 8.76. The summed E-state index contributed by atoms with van der Waals surface area (Å²) in [4.78, 5) is 30.9. The van der Waals surface area contributed by atoms with Crippen molar-refractivity contribution in [1.82, 2.24) is 9.97 Å². The van der Waals surface area contributed by atoms with Gasteiger partial charge in [-0.2, -0.15) is 0 Å². The number of amides is 2. The third kappa shape index (κ3) is 10.6. The van der Waals surface area contributed by atoms with Gasteiger partial charge in [0, 0.05) is 49.0 Å². The normalized spacial score (nSPS) is 10.9. The number of aryl methyl sites for hydroxylation is 2. The van der Waals surface area contributed by atoms with Crippen LogP contribution in [0.1, 0.15) is 24.0 Å². The van der Waals surface area contributed by atoms with Gasteiger partial charge in [-0.3, -0.25) is 24.3 Å². The summed E-state index contributed by atoms with van der Waals surface area (Å²) >= 11 is 0. The molecule has 0 saturated heterocycles. The Kier molecular flexibility index (Phi) is 12.1. The van der Waals surface area contributed by atoms with E-state index in [-0.39, 0.29) is 18.2 Å². The number of anilines is 2. The number of sulfonamides is 1. The van der Waals surface area contributed by atoms with Crippen LogP contribution in [0.25, 0.3) is 44.5 Å². The van der Waals surface area contributed by atoms with Crippen LogP contribution in [0.5, 0.6) is 0 Å². The first-order chi connectivity index (χ1) is 24.9. The summed E-state index contributed by atoms with van der Waals surface area (Å²) in [6.07, 6.45) is 9.80. The molecule has 0 aliphatic rings. The van der Waals surface area contributed by atoms with Gasteiger partial charge in [-0.25, -0.2) is 8.42 Å². The van der Waals surface area contributed by atoms with Crippen molar-refractivity contribution in [3.05, 3.63) is 145 Å². The summed E-state index contributed by atoms with van der Waals surface area (Å²) in [5, 5.41) is 0. The van der Waals surface area contributed by atoms with Gasteiger partial charge in [0.15, 0.2) is 0 Å². The van der Waals surface area contributed by atoms with Crippen molar-refractivity contribution >= 4 is 33.2 Å². The van der Waals surface area contributed by atoms with E-state index >= 15 is 0 Å². The Hall–Kier alpha value is -6.33. The fraction of sp³-hybridized carbons (Fsp3) is 0.122.